The minimum absolute atomic E-state index is 0.00667. The third kappa shape index (κ3) is 3.54. The molecule has 0 bridgehead atoms. The average molecular weight is 297 g/mol. The van der Waals surface area contributed by atoms with Crippen LogP contribution in [0.25, 0.3) is 0 Å². The molecule has 1 heterocycles. The standard InChI is InChI=1S/C13H17BrN2O/c1-9-5-12(8-15-7-9)16-13(17)10-3-2-4-11(14)6-10/h2-4,6,9,12,15H,5,7-8H2,1H3,(H,16,17). The van der Waals surface area contributed by atoms with Crippen LogP contribution in [0.3, 0.4) is 0 Å². The second-order valence-electron chi connectivity index (χ2n) is 4.68. The molecule has 1 fully saturated rings. The van der Waals surface area contributed by atoms with Gasteiger partial charge in [-0.25, -0.2) is 0 Å². The summed E-state index contributed by atoms with van der Waals surface area (Å²) in [6, 6.07) is 7.71. The summed E-state index contributed by atoms with van der Waals surface area (Å²) in [5, 5.41) is 6.40. The molecule has 3 nitrogen and oxygen atoms in total. The number of piperidine rings is 1. The fourth-order valence-electron chi connectivity index (χ4n) is 2.16. The van der Waals surface area contributed by atoms with Crippen molar-refractivity contribution in [1.29, 1.82) is 0 Å². The maximum absolute atomic E-state index is 12.0. The van der Waals surface area contributed by atoms with Gasteiger partial charge in [-0.3, -0.25) is 4.79 Å². The van der Waals surface area contributed by atoms with Crippen LogP contribution in [0.5, 0.6) is 0 Å². The molecule has 0 radical (unpaired) electrons. The van der Waals surface area contributed by atoms with Crippen LogP contribution in [0.1, 0.15) is 23.7 Å². The number of hydrogen-bond donors (Lipinski definition) is 2. The number of benzene rings is 1. The molecule has 1 aromatic carbocycles. The van der Waals surface area contributed by atoms with Gasteiger partial charge in [-0.2, -0.15) is 0 Å². The van der Waals surface area contributed by atoms with Gasteiger partial charge in [0.1, 0.15) is 0 Å². The maximum Gasteiger partial charge on any atom is 0.251 e. The molecule has 17 heavy (non-hydrogen) atoms. The molecule has 2 atom stereocenters. The van der Waals surface area contributed by atoms with E-state index in [1.165, 1.54) is 0 Å². The molecule has 1 aromatic rings. The van der Waals surface area contributed by atoms with Gasteiger partial charge in [0.15, 0.2) is 0 Å². The lowest BCUT2D eigenvalue weighted by molar-refractivity contribution is 0.0925. The fraction of sp³-hybridized carbons (Fsp3) is 0.462. The quantitative estimate of drug-likeness (QED) is 0.878. The molecule has 1 aliphatic heterocycles. The van der Waals surface area contributed by atoms with Gasteiger partial charge in [0.25, 0.3) is 5.91 Å². The second-order valence-corrected chi connectivity index (χ2v) is 5.60. The third-order valence-electron chi connectivity index (χ3n) is 2.99. The predicted molar refractivity (Wildman–Crippen MR) is 72.0 cm³/mol. The first-order valence-corrected chi connectivity index (χ1v) is 6.71. The number of amides is 1. The summed E-state index contributed by atoms with van der Waals surface area (Å²) in [5.74, 6) is 0.628. The molecule has 0 aliphatic carbocycles. The Labute approximate surface area is 110 Å². The van der Waals surface area contributed by atoms with E-state index < -0.39 is 0 Å². The minimum Gasteiger partial charge on any atom is -0.348 e. The van der Waals surface area contributed by atoms with E-state index in [0.29, 0.717) is 11.5 Å². The van der Waals surface area contributed by atoms with Gasteiger partial charge < -0.3 is 10.6 Å². The largest absolute Gasteiger partial charge is 0.348 e. The van der Waals surface area contributed by atoms with Gasteiger partial charge in [0.2, 0.25) is 0 Å². The molecule has 2 N–H and O–H groups in total. The molecule has 92 valence electrons. The predicted octanol–water partition coefficient (Wildman–Crippen LogP) is 2.18. The Bertz CT molecular complexity index is 408. The van der Waals surface area contributed by atoms with E-state index in [1.54, 1.807) is 0 Å². The second kappa shape index (κ2) is 5.65. The van der Waals surface area contributed by atoms with Gasteiger partial charge in [-0.15, -0.1) is 0 Å². The molecule has 0 aromatic heterocycles. The van der Waals surface area contributed by atoms with Crippen LogP contribution in [0.15, 0.2) is 28.7 Å². The lowest BCUT2D eigenvalue weighted by atomic mass is 9.97. The Balaban J connectivity index is 1.97. The van der Waals surface area contributed by atoms with Gasteiger partial charge in [0, 0.05) is 22.6 Å². The van der Waals surface area contributed by atoms with Gasteiger partial charge in [0.05, 0.1) is 0 Å². The SMILES string of the molecule is CC1CNCC(NC(=O)c2cccc(Br)c2)C1. The molecule has 2 rings (SSSR count). The Morgan fingerprint density at radius 2 is 2.29 bits per heavy atom. The van der Waals surface area contributed by atoms with Crippen LogP contribution in [-0.2, 0) is 0 Å². The van der Waals surface area contributed by atoms with E-state index in [0.717, 1.165) is 24.0 Å². The summed E-state index contributed by atoms with van der Waals surface area (Å²) in [6.45, 7) is 4.11. The molecular weight excluding hydrogens is 280 g/mol. The molecule has 1 amide bonds. The van der Waals surface area contributed by atoms with Crippen molar-refractivity contribution in [2.24, 2.45) is 5.92 Å². The summed E-state index contributed by atoms with van der Waals surface area (Å²) < 4.78 is 0.931. The van der Waals surface area contributed by atoms with Gasteiger partial charge >= 0.3 is 0 Å². The summed E-state index contributed by atoms with van der Waals surface area (Å²) >= 11 is 3.37. The van der Waals surface area contributed by atoms with E-state index in [2.05, 4.69) is 33.5 Å². The van der Waals surface area contributed by atoms with E-state index in [9.17, 15) is 4.79 Å². The summed E-state index contributed by atoms with van der Waals surface area (Å²) in [6.07, 6.45) is 1.05. The van der Waals surface area contributed by atoms with Crippen molar-refractivity contribution in [1.82, 2.24) is 10.6 Å². The normalized spacial score (nSPS) is 24.4. The fourth-order valence-corrected chi connectivity index (χ4v) is 2.56. The Hall–Kier alpha value is -0.870. The van der Waals surface area contributed by atoms with E-state index in [4.69, 9.17) is 0 Å². The Morgan fingerprint density at radius 3 is 3.00 bits per heavy atom. The Kier molecular flexibility index (Phi) is 4.18. The zero-order chi connectivity index (χ0) is 12.3. The highest BCUT2D eigenvalue weighted by molar-refractivity contribution is 9.10. The lowest BCUT2D eigenvalue weighted by Gasteiger charge is -2.28. The zero-order valence-electron chi connectivity index (χ0n) is 9.87. The lowest BCUT2D eigenvalue weighted by Crippen LogP contribution is -2.48. The number of carbonyl (C=O) groups excluding carboxylic acids is 1. The van der Waals surface area contributed by atoms with Crippen LogP contribution in [0.2, 0.25) is 0 Å². The average Bonchev–Trinajstić information content (AvgIpc) is 2.29. The summed E-state index contributed by atoms with van der Waals surface area (Å²) in [4.78, 5) is 12.0. The van der Waals surface area contributed by atoms with Crippen LogP contribution in [0.4, 0.5) is 0 Å². The molecule has 1 aliphatic rings. The van der Waals surface area contributed by atoms with E-state index >= 15 is 0 Å². The topological polar surface area (TPSA) is 41.1 Å². The van der Waals surface area contributed by atoms with Crippen LogP contribution >= 0.6 is 15.9 Å². The molecule has 4 heteroatoms. The maximum atomic E-state index is 12.0. The van der Waals surface area contributed by atoms with Crippen molar-refractivity contribution in [2.45, 2.75) is 19.4 Å². The minimum atomic E-state index is 0.00667. The first kappa shape index (κ1) is 12.6. The van der Waals surface area contributed by atoms with Crippen molar-refractivity contribution >= 4 is 21.8 Å². The highest BCUT2D eigenvalue weighted by Gasteiger charge is 2.20. The van der Waals surface area contributed by atoms with Gasteiger partial charge in [-0.1, -0.05) is 28.9 Å². The highest BCUT2D eigenvalue weighted by Crippen LogP contribution is 2.13. The number of hydrogen-bond acceptors (Lipinski definition) is 2. The number of carbonyl (C=O) groups is 1. The van der Waals surface area contributed by atoms with Crippen molar-refractivity contribution in [3.8, 4) is 0 Å². The third-order valence-corrected chi connectivity index (χ3v) is 3.49. The Morgan fingerprint density at radius 1 is 1.47 bits per heavy atom. The smallest absolute Gasteiger partial charge is 0.251 e. The number of rotatable bonds is 2. The number of nitrogens with one attached hydrogen (secondary N) is 2. The highest BCUT2D eigenvalue weighted by atomic mass is 79.9. The first-order valence-electron chi connectivity index (χ1n) is 5.92. The van der Waals surface area contributed by atoms with Gasteiger partial charge in [-0.05, 0) is 37.1 Å². The van der Waals surface area contributed by atoms with E-state index in [-0.39, 0.29) is 11.9 Å². The van der Waals surface area contributed by atoms with Crippen molar-refractivity contribution in [2.75, 3.05) is 13.1 Å². The molecule has 0 spiro atoms. The molecule has 0 saturated carbocycles. The molecular formula is C13H17BrN2O. The zero-order valence-corrected chi connectivity index (χ0v) is 11.5. The first-order chi connectivity index (χ1) is 8.15. The number of halogens is 1. The molecule has 1 saturated heterocycles. The van der Waals surface area contributed by atoms with Crippen molar-refractivity contribution < 1.29 is 4.79 Å². The van der Waals surface area contributed by atoms with Crippen LogP contribution in [0, 0.1) is 5.92 Å². The monoisotopic (exact) mass is 296 g/mol. The summed E-state index contributed by atoms with van der Waals surface area (Å²) in [5.41, 5.74) is 0.706. The summed E-state index contributed by atoms with van der Waals surface area (Å²) in [7, 11) is 0. The molecule has 2 unspecified atom stereocenters. The van der Waals surface area contributed by atoms with Crippen molar-refractivity contribution in [3.05, 3.63) is 34.3 Å². The van der Waals surface area contributed by atoms with Crippen LogP contribution in [-0.4, -0.2) is 25.0 Å². The van der Waals surface area contributed by atoms with E-state index in [1.807, 2.05) is 24.3 Å². The van der Waals surface area contributed by atoms with Crippen molar-refractivity contribution in [3.63, 3.8) is 0 Å². The van der Waals surface area contributed by atoms with Crippen LogP contribution < -0.4 is 10.6 Å².